The van der Waals surface area contributed by atoms with Crippen molar-refractivity contribution in [2.75, 3.05) is 26.2 Å². The van der Waals surface area contributed by atoms with Crippen molar-refractivity contribution in [1.82, 2.24) is 10.2 Å². The predicted molar refractivity (Wildman–Crippen MR) is 87.7 cm³/mol. The summed E-state index contributed by atoms with van der Waals surface area (Å²) in [6, 6.07) is 8.02. The molecule has 23 heavy (non-hydrogen) atoms. The standard InChI is InChI=1S/C18H26N2O3/c1-2-23-12-15-6-4-3-5-14(15)9-19-17(22)11-20-10-16(21)18(13-20)7-8-18/h3-6,16,21H,2,7-13H2,1H3,(H,19,22). The van der Waals surface area contributed by atoms with E-state index < -0.39 is 0 Å². The van der Waals surface area contributed by atoms with E-state index in [0.717, 1.165) is 30.5 Å². The molecule has 2 fully saturated rings. The summed E-state index contributed by atoms with van der Waals surface area (Å²) < 4.78 is 5.47. The summed E-state index contributed by atoms with van der Waals surface area (Å²) in [6.07, 6.45) is 1.93. The van der Waals surface area contributed by atoms with Gasteiger partial charge in [-0.15, -0.1) is 0 Å². The Labute approximate surface area is 137 Å². The van der Waals surface area contributed by atoms with Crippen LogP contribution in [0, 0.1) is 5.41 Å². The van der Waals surface area contributed by atoms with Gasteiger partial charge in [-0.05, 0) is 30.9 Å². The lowest BCUT2D eigenvalue weighted by atomic mass is 10.0. The fourth-order valence-electron chi connectivity index (χ4n) is 3.36. The van der Waals surface area contributed by atoms with Crippen LogP contribution in [0.2, 0.25) is 0 Å². The summed E-state index contributed by atoms with van der Waals surface area (Å²) in [7, 11) is 0. The molecule has 1 saturated heterocycles. The van der Waals surface area contributed by atoms with Gasteiger partial charge in [0, 0.05) is 31.7 Å². The summed E-state index contributed by atoms with van der Waals surface area (Å²) in [6.45, 7) is 5.58. The lowest BCUT2D eigenvalue weighted by Crippen LogP contribution is -2.36. The number of benzene rings is 1. The second kappa shape index (κ2) is 6.99. The number of carbonyl (C=O) groups excluding carboxylic acids is 1. The minimum Gasteiger partial charge on any atom is -0.391 e. The monoisotopic (exact) mass is 318 g/mol. The molecule has 1 aliphatic carbocycles. The molecular weight excluding hydrogens is 292 g/mol. The maximum Gasteiger partial charge on any atom is 0.234 e. The molecule has 5 nitrogen and oxygen atoms in total. The minimum absolute atomic E-state index is 0.0149. The SMILES string of the molecule is CCOCc1ccccc1CNC(=O)CN1CC(O)C2(CC2)C1. The summed E-state index contributed by atoms with van der Waals surface area (Å²) in [4.78, 5) is 14.2. The van der Waals surface area contributed by atoms with Gasteiger partial charge in [-0.1, -0.05) is 24.3 Å². The molecule has 1 saturated carbocycles. The third kappa shape index (κ3) is 3.91. The van der Waals surface area contributed by atoms with Gasteiger partial charge in [-0.3, -0.25) is 9.69 Å². The predicted octanol–water partition coefficient (Wildman–Crippen LogP) is 1.30. The molecule has 0 radical (unpaired) electrons. The summed E-state index contributed by atoms with van der Waals surface area (Å²) in [5.74, 6) is 0.0149. The number of amides is 1. The van der Waals surface area contributed by atoms with E-state index in [0.29, 0.717) is 32.8 Å². The minimum atomic E-state index is -0.262. The van der Waals surface area contributed by atoms with Crippen LogP contribution in [0.5, 0.6) is 0 Å². The number of hydrogen-bond acceptors (Lipinski definition) is 4. The van der Waals surface area contributed by atoms with Crippen molar-refractivity contribution in [3.8, 4) is 0 Å². The molecular formula is C18H26N2O3. The van der Waals surface area contributed by atoms with Gasteiger partial charge in [-0.2, -0.15) is 0 Å². The van der Waals surface area contributed by atoms with E-state index in [4.69, 9.17) is 4.74 Å². The lowest BCUT2D eigenvalue weighted by Gasteiger charge is -2.16. The maximum absolute atomic E-state index is 12.2. The highest BCUT2D eigenvalue weighted by Gasteiger charge is 2.54. The highest BCUT2D eigenvalue weighted by atomic mass is 16.5. The van der Waals surface area contributed by atoms with E-state index in [1.165, 1.54) is 0 Å². The molecule has 0 bridgehead atoms. The smallest absolute Gasteiger partial charge is 0.234 e. The van der Waals surface area contributed by atoms with E-state index in [1.54, 1.807) is 0 Å². The zero-order chi connectivity index (χ0) is 16.3. The van der Waals surface area contributed by atoms with Gasteiger partial charge in [-0.25, -0.2) is 0 Å². The zero-order valence-electron chi connectivity index (χ0n) is 13.8. The van der Waals surface area contributed by atoms with E-state index in [9.17, 15) is 9.90 Å². The molecule has 1 heterocycles. The average molecular weight is 318 g/mol. The van der Waals surface area contributed by atoms with Crippen molar-refractivity contribution in [3.63, 3.8) is 0 Å². The van der Waals surface area contributed by atoms with E-state index in [-0.39, 0.29) is 17.4 Å². The average Bonchev–Trinajstić information content (AvgIpc) is 3.25. The first-order chi connectivity index (χ1) is 11.1. The molecule has 1 aliphatic heterocycles. The van der Waals surface area contributed by atoms with Crippen LogP contribution in [0.3, 0.4) is 0 Å². The molecule has 0 aromatic heterocycles. The van der Waals surface area contributed by atoms with Crippen LogP contribution in [0.1, 0.15) is 30.9 Å². The van der Waals surface area contributed by atoms with Gasteiger partial charge in [0.05, 0.1) is 19.3 Å². The Bertz CT molecular complexity index is 557. The Morgan fingerprint density at radius 1 is 1.39 bits per heavy atom. The van der Waals surface area contributed by atoms with E-state index in [2.05, 4.69) is 10.2 Å². The van der Waals surface area contributed by atoms with Gasteiger partial charge in [0.15, 0.2) is 0 Å². The molecule has 1 spiro atoms. The molecule has 1 unspecified atom stereocenters. The number of nitrogens with one attached hydrogen (secondary N) is 1. The van der Waals surface area contributed by atoms with E-state index in [1.807, 2.05) is 31.2 Å². The zero-order valence-corrected chi connectivity index (χ0v) is 13.8. The number of ether oxygens (including phenoxy) is 1. The van der Waals surface area contributed by atoms with Crippen LogP contribution in [0.15, 0.2) is 24.3 Å². The maximum atomic E-state index is 12.2. The molecule has 5 heteroatoms. The van der Waals surface area contributed by atoms with Crippen molar-refractivity contribution in [2.45, 2.75) is 39.0 Å². The molecule has 2 aliphatic rings. The van der Waals surface area contributed by atoms with Crippen molar-refractivity contribution < 1.29 is 14.6 Å². The Hall–Kier alpha value is -1.43. The van der Waals surface area contributed by atoms with Crippen molar-refractivity contribution in [2.24, 2.45) is 5.41 Å². The van der Waals surface area contributed by atoms with Crippen LogP contribution in [-0.2, 0) is 22.7 Å². The quantitative estimate of drug-likeness (QED) is 0.795. The first-order valence-electron chi connectivity index (χ1n) is 8.44. The Balaban J connectivity index is 1.48. The second-order valence-electron chi connectivity index (χ2n) is 6.73. The number of nitrogens with zero attached hydrogens (tertiary/aromatic N) is 1. The lowest BCUT2D eigenvalue weighted by molar-refractivity contribution is -0.122. The molecule has 1 amide bonds. The largest absolute Gasteiger partial charge is 0.391 e. The number of aliphatic hydroxyl groups excluding tert-OH is 1. The Morgan fingerprint density at radius 2 is 2.13 bits per heavy atom. The molecule has 126 valence electrons. The van der Waals surface area contributed by atoms with Gasteiger partial charge < -0.3 is 15.2 Å². The third-order valence-corrected chi connectivity index (χ3v) is 4.99. The number of likely N-dealkylation sites (tertiary alicyclic amines) is 1. The molecule has 1 atom stereocenters. The van der Waals surface area contributed by atoms with Crippen LogP contribution < -0.4 is 5.32 Å². The van der Waals surface area contributed by atoms with Gasteiger partial charge >= 0.3 is 0 Å². The van der Waals surface area contributed by atoms with Crippen LogP contribution in [-0.4, -0.2) is 48.3 Å². The number of rotatable bonds is 7. The normalized spacial score (nSPS) is 22.4. The van der Waals surface area contributed by atoms with Crippen molar-refractivity contribution in [3.05, 3.63) is 35.4 Å². The van der Waals surface area contributed by atoms with Crippen LogP contribution in [0.4, 0.5) is 0 Å². The Morgan fingerprint density at radius 3 is 2.78 bits per heavy atom. The summed E-state index contributed by atoms with van der Waals surface area (Å²) >= 11 is 0. The number of β-amino-alcohol motifs (C(OH)–C–C–N with tert-alkyl or cyclic N) is 1. The fraction of sp³-hybridized carbons (Fsp3) is 0.611. The van der Waals surface area contributed by atoms with Gasteiger partial charge in [0.25, 0.3) is 0 Å². The topological polar surface area (TPSA) is 61.8 Å². The molecule has 1 aromatic rings. The van der Waals surface area contributed by atoms with Gasteiger partial charge in [0.2, 0.25) is 5.91 Å². The van der Waals surface area contributed by atoms with Gasteiger partial charge in [0.1, 0.15) is 0 Å². The number of carbonyl (C=O) groups is 1. The molecule has 1 aromatic carbocycles. The van der Waals surface area contributed by atoms with E-state index >= 15 is 0 Å². The Kier molecular flexibility index (Phi) is 4.99. The summed E-state index contributed by atoms with van der Waals surface area (Å²) in [5, 5.41) is 13.0. The first kappa shape index (κ1) is 16.4. The van der Waals surface area contributed by atoms with Crippen LogP contribution >= 0.6 is 0 Å². The van der Waals surface area contributed by atoms with Crippen LogP contribution in [0.25, 0.3) is 0 Å². The fourth-order valence-corrected chi connectivity index (χ4v) is 3.36. The van der Waals surface area contributed by atoms with Crippen molar-refractivity contribution in [1.29, 1.82) is 0 Å². The number of hydrogen-bond donors (Lipinski definition) is 2. The summed E-state index contributed by atoms with van der Waals surface area (Å²) in [5.41, 5.74) is 2.31. The molecule has 3 rings (SSSR count). The second-order valence-corrected chi connectivity index (χ2v) is 6.73. The highest BCUT2D eigenvalue weighted by Crippen LogP contribution is 2.52. The third-order valence-electron chi connectivity index (χ3n) is 4.99. The highest BCUT2D eigenvalue weighted by molar-refractivity contribution is 5.78. The molecule has 2 N–H and O–H groups in total. The number of aliphatic hydroxyl groups is 1. The van der Waals surface area contributed by atoms with Crippen molar-refractivity contribution >= 4 is 5.91 Å². The first-order valence-corrected chi connectivity index (χ1v) is 8.44.